The lowest BCUT2D eigenvalue weighted by molar-refractivity contribution is 0.282. The van der Waals surface area contributed by atoms with Crippen LogP contribution in [0.4, 0.5) is 0 Å². The Kier molecular flexibility index (Phi) is 4.31. The van der Waals surface area contributed by atoms with E-state index >= 15 is 0 Å². The van der Waals surface area contributed by atoms with Crippen molar-refractivity contribution in [1.82, 2.24) is 5.32 Å². The van der Waals surface area contributed by atoms with Crippen molar-refractivity contribution in [3.8, 4) is 0 Å². The molecule has 17 heavy (non-hydrogen) atoms. The van der Waals surface area contributed by atoms with Gasteiger partial charge >= 0.3 is 0 Å². The van der Waals surface area contributed by atoms with E-state index in [1.807, 2.05) is 12.1 Å². The molecule has 1 atom stereocenters. The Balaban J connectivity index is 1.89. The molecule has 1 aromatic carbocycles. The molecule has 0 unspecified atom stereocenters. The van der Waals surface area contributed by atoms with Gasteiger partial charge in [0.1, 0.15) is 0 Å². The predicted molar refractivity (Wildman–Crippen MR) is 71.9 cm³/mol. The molecule has 2 rings (SSSR count). The number of nitrogens with one attached hydrogen (secondary N) is 1. The zero-order valence-electron chi connectivity index (χ0n) is 9.89. The maximum atomic E-state index is 8.96. The molecule has 90 valence electrons. The highest BCUT2D eigenvalue weighted by Crippen LogP contribution is 2.18. The van der Waals surface area contributed by atoms with E-state index in [1.165, 1.54) is 10.4 Å². The normalized spacial score (nSPS) is 12.6. The standard InChI is InChI=1S/C14H17NOS/c1-11(14-3-2-8-17-14)15-9-12-4-6-13(10-16)7-5-12/h2-8,11,15-16H,9-10H2,1H3/t11-/m0/s1. The summed E-state index contributed by atoms with van der Waals surface area (Å²) in [5.41, 5.74) is 2.20. The monoisotopic (exact) mass is 247 g/mol. The fourth-order valence-electron chi connectivity index (χ4n) is 1.67. The minimum atomic E-state index is 0.110. The van der Waals surface area contributed by atoms with Crippen LogP contribution in [0.25, 0.3) is 0 Å². The van der Waals surface area contributed by atoms with Gasteiger partial charge in [0.2, 0.25) is 0 Å². The van der Waals surface area contributed by atoms with Crippen LogP contribution >= 0.6 is 11.3 Å². The fraction of sp³-hybridized carbons (Fsp3) is 0.286. The molecular formula is C14H17NOS. The smallest absolute Gasteiger partial charge is 0.0681 e. The quantitative estimate of drug-likeness (QED) is 0.851. The van der Waals surface area contributed by atoms with E-state index in [0.29, 0.717) is 6.04 Å². The Morgan fingerprint density at radius 2 is 1.88 bits per heavy atom. The molecule has 0 aliphatic heterocycles. The zero-order chi connectivity index (χ0) is 12.1. The lowest BCUT2D eigenvalue weighted by atomic mass is 10.1. The van der Waals surface area contributed by atoms with E-state index in [0.717, 1.165) is 12.1 Å². The summed E-state index contributed by atoms with van der Waals surface area (Å²) in [6, 6.07) is 12.7. The molecule has 0 spiro atoms. The average Bonchev–Trinajstić information content (AvgIpc) is 2.90. The molecule has 2 nitrogen and oxygen atoms in total. The summed E-state index contributed by atoms with van der Waals surface area (Å²) in [7, 11) is 0. The summed E-state index contributed by atoms with van der Waals surface area (Å²) in [4.78, 5) is 1.36. The second kappa shape index (κ2) is 5.96. The Bertz CT molecular complexity index is 436. The summed E-state index contributed by atoms with van der Waals surface area (Å²) in [6.45, 7) is 3.14. The molecule has 2 N–H and O–H groups in total. The Morgan fingerprint density at radius 3 is 2.47 bits per heavy atom. The largest absolute Gasteiger partial charge is 0.392 e. The van der Waals surface area contributed by atoms with Crippen LogP contribution < -0.4 is 5.32 Å². The van der Waals surface area contributed by atoms with Gasteiger partial charge in [0.25, 0.3) is 0 Å². The van der Waals surface area contributed by atoms with Crippen LogP contribution in [-0.4, -0.2) is 5.11 Å². The number of rotatable bonds is 5. The first-order chi connectivity index (χ1) is 8.29. The highest BCUT2D eigenvalue weighted by molar-refractivity contribution is 7.10. The van der Waals surface area contributed by atoms with Crippen molar-refractivity contribution in [2.75, 3.05) is 0 Å². The van der Waals surface area contributed by atoms with E-state index in [4.69, 9.17) is 5.11 Å². The van der Waals surface area contributed by atoms with E-state index in [2.05, 4.69) is 41.9 Å². The summed E-state index contributed by atoms with van der Waals surface area (Å²) < 4.78 is 0. The third-order valence-electron chi connectivity index (χ3n) is 2.79. The Labute approximate surface area is 106 Å². The van der Waals surface area contributed by atoms with Crippen LogP contribution in [0.1, 0.15) is 29.0 Å². The Morgan fingerprint density at radius 1 is 1.18 bits per heavy atom. The van der Waals surface area contributed by atoms with Gasteiger partial charge in [-0.3, -0.25) is 0 Å². The maximum absolute atomic E-state index is 8.96. The number of hydrogen-bond acceptors (Lipinski definition) is 3. The van der Waals surface area contributed by atoms with Gasteiger partial charge in [-0.05, 0) is 29.5 Å². The fourth-order valence-corrected chi connectivity index (χ4v) is 2.43. The van der Waals surface area contributed by atoms with Gasteiger partial charge in [-0.15, -0.1) is 11.3 Å². The minimum absolute atomic E-state index is 0.110. The summed E-state index contributed by atoms with van der Waals surface area (Å²) in [6.07, 6.45) is 0. The molecule has 3 heteroatoms. The molecule has 0 amide bonds. The summed E-state index contributed by atoms with van der Waals surface area (Å²) in [5, 5.41) is 14.5. The molecule has 0 saturated heterocycles. The van der Waals surface area contributed by atoms with Gasteiger partial charge in [-0.2, -0.15) is 0 Å². The highest BCUT2D eigenvalue weighted by Gasteiger charge is 2.05. The second-order valence-electron chi connectivity index (χ2n) is 4.09. The first-order valence-electron chi connectivity index (χ1n) is 5.75. The average molecular weight is 247 g/mol. The molecule has 0 radical (unpaired) electrons. The third kappa shape index (κ3) is 3.40. The van der Waals surface area contributed by atoms with Crippen molar-refractivity contribution in [1.29, 1.82) is 0 Å². The van der Waals surface area contributed by atoms with Gasteiger partial charge < -0.3 is 10.4 Å². The van der Waals surface area contributed by atoms with Gasteiger partial charge in [-0.25, -0.2) is 0 Å². The molecule has 2 aromatic rings. The van der Waals surface area contributed by atoms with Crippen LogP contribution in [-0.2, 0) is 13.2 Å². The number of benzene rings is 1. The lowest BCUT2D eigenvalue weighted by Gasteiger charge is -2.12. The molecule has 0 saturated carbocycles. The molecule has 1 heterocycles. The second-order valence-corrected chi connectivity index (χ2v) is 5.07. The van der Waals surface area contributed by atoms with Gasteiger partial charge in [-0.1, -0.05) is 30.3 Å². The number of hydrogen-bond donors (Lipinski definition) is 2. The summed E-state index contributed by atoms with van der Waals surface area (Å²) >= 11 is 1.78. The first kappa shape index (κ1) is 12.3. The van der Waals surface area contributed by atoms with Crippen LogP contribution in [0.2, 0.25) is 0 Å². The van der Waals surface area contributed by atoms with Crippen molar-refractivity contribution < 1.29 is 5.11 Å². The molecular weight excluding hydrogens is 230 g/mol. The van der Waals surface area contributed by atoms with Gasteiger partial charge in [0, 0.05) is 17.5 Å². The molecule has 0 bridgehead atoms. The van der Waals surface area contributed by atoms with Crippen LogP contribution in [0, 0.1) is 0 Å². The van der Waals surface area contributed by atoms with Crippen molar-refractivity contribution in [2.45, 2.75) is 26.1 Å². The number of aliphatic hydroxyl groups is 1. The molecule has 1 aromatic heterocycles. The number of aliphatic hydroxyl groups excluding tert-OH is 1. The van der Waals surface area contributed by atoms with E-state index in [1.54, 1.807) is 11.3 Å². The SMILES string of the molecule is C[C@H](NCc1ccc(CO)cc1)c1cccs1. The molecule has 0 fully saturated rings. The van der Waals surface area contributed by atoms with Gasteiger partial charge in [0.05, 0.1) is 6.61 Å². The first-order valence-corrected chi connectivity index (χ1v) is 6.63. The minimum Gasteiger partial charge on any atom is -0.392 e. The molecule has 0 aliphatic rings. The van der Waals surface area contributed by atoms with E-state index in [9.17, 15) is 0 Å². The highest BCUT2D eigenvalue weighted by atomic mass is 32.1. The third-order valence-corrected chi connectivity index (χ3v) is 3.84. The van der Waals surface area contributed by atoms with Crippen LogP contribution in [0.3, 0.4) is 0 Å². The van der Waals surface area contributed by atoms with Crippen molar-refractivity contribution in [3.63, 3.8) is 0 Å². The maximum Gasteiger partial charge on any atom is 0.0681 e. The number of thiophene rings is 1. The van der Waals surface area contributed by atoms with E-state index < -0.39 is 0 Å². The Hall–Kier alpha value is -1.16. The van der Waals surface area contributed by atoms with Crippen LogP contribution in [0.5, 0.6) is 0 Å². The van der Waals surface area contributed by atoms with Crippen LogP contribution in [0.15, 0.2) is 41.8 Å². The topological polar surface area (TPSA) is 32.3 Å². The summed E-state index contributed by atoms with van der Waals surface area (Å²) in [5.74, 6) is 0. The molecule has 0 aliphatic carbocycles. The predicted octanol–water partition coefficient (Wildman–Crippen LogP) is 3.09. The van der Waals surface area contributed by atoms with Crippen molar-refractivity contribution >= 4 is 11.3 Å². The van der Waals surface area contributed by atoms with E-state index in [-0.39, 0.29) is 6.61 Å². The van der Waals surface area contributed by atoms with Gasteiger partial charge in [0.15, 0.2) is 0 Å². The lowest BCUT2D eigenvalue weighted by Crippen LogP contribution is -2.17. The zero-order valence-corrected chi connectivity index (χ0v) is 10.7. The van der Waals surface area contributed by atoms with Crippen molar-refractivity contribution in [2.24, 2.45) is 0 Å². The van der Waals surface area contributed by atoms with Crippen molar-refractivity contribution in [3.05, 3.63) is 57.8 Å².